The van der Waals surface area contributed by atoms with Gasteiger partial charge in [-0.3, -0.25) is 4.79 Å². The maximum Gasteiger partial charge on any atom is 0.227 e. The van der Waals surface area contributed by atoms with Crippen molar-refractivity contribution in [2.24, 2.45) is 0 Å². The molecular weight excluding hydrogens is 270 g/mol. The van der Waals surface area contributed by atoms with Gasteiger partial charge in [-0.25, -0.2) is 0 Å². The Kier molecular flexibility index (Phi) is 4.30. The topological polar surface area (TPSA) is 29.1 Å². The van der Waals surface area contributed by atoms with Crippen LogP contribution in [0.4, 0.5) is 0 Å². The minimum absolute atomic E-state index is 0.0192. The highest BCUT2D eigenvalue weighted by molar-refractivity contribution is 6.21. The minimum Gasteiger partial charge on any atom is -0.351 e. The summed E-state index contributed by atoms with van der Waals surface area (Å²) < 4.78 is 0. The monoisotopic (exact) mass is 291 g/mol. The molecule has 1 fully saturated rings. The smallest absolute Gasteiger partial charge is 0.227 e. The minimum atomic E-state index is 0.0192. The Labute approximate surface area is 125 Å². The lowest BCUT2D eigenvalue weighted by atomic mass is 9.82. The molecule has 3 heteroatoms. The second-order valence-electron chi connectivity index (χ2n) is 6.06. The third kappa shape index (κ3) is 2.85. The molecule has 1 N–H and O–H groups in total. The van der Waals surface area contributed by atoms with Gasteiger partial charge in [-0.1, -0.05) is 37.1 Å². The van der Waals surface area contributed by atoms with Crippen LogP contribution in [-0.2, 0) is 11.2 Å². The SMILES string of the molecule is O=C(NC1CCCCC1Cl)C1CCCc2ccccc21. The number of alkyl halides is 1. The summed E-state index contributed by atoms with van der Waals surface area (Å²) in [6.07, 6.45) is 7.57. The molecule has 1 saturated carbocycles. The second-order valence-corrected chi connectivity index (χ2v) is 6.62. The summed E-state index contributed by atoms with van der Waals surface area (Å²) in [4.78, 5) is 12.6. The molecule has 2 aliphatic rings. The van der Waals surface area contributed by atoms with Crippen LogP contribution in [0.2, 0.25) is 0 Å². The zero-order chi connectivity index (χ0) is 13.9. The number of hydrogen-bond acceptors (Lipinski definition) is 1. The van der Waals surface area contributed by atoms with Gasteiger partial charge in [0.2, 0.25) is 5.91 Å². The summed E-state index contributed by atoms with van der Waals surface area (Å²) in [6.45, 7) is 0. The standard InChI is InChI=1S/C17H22ClNO/c18-15-10-3-4-11-16(15)19-17(20)14-9-5-7-12-6-1-2-8-13(12)14/h1-2,6,8,14-16H,3-5,7,9-11H2,(H,19,20). The van der Waals surface area contributed by atoms with Crippen molar-refractivity contribution in [3.05, 3.63) is 35.4 Å². The van der Waals surface area contributed by atoms with E-state index in [4.69, 9.17) is 11.6 Å². The third-order valence-electron chi connectivity index (χ3n) is 4.70. The molecule has 108 valence electrons. The Bertz CT molecular complexity index is 488. The average Bonchev–Trinajstić information content (AvgIpc) is 2.49. The molecule has 3 atom stereocenters. The van der Waals surface area contributed by atoms with Crippen LogP contribution in [0.15, 0.2) is 24.3 Å². The molecule has 2 nitrogen and oxygen atoms in total. The fourth-order valence-corrected chi connectivity index (χ4v) is 3.90. The maximum atomic E-state index is 12.6. The van der Waals surface area contributed by atoms with Crippen LogP contribution >= 0.6 is 11.6 Å². The van der Waals surface area contributed by atoms with Crippen molar-refractivity contribution >= 4 is 17.5 Å². The number of amides is 1. The van der Waals surface area contributed by atoms with Crippen molar-refractivity contribution in [3.63, 3.8) is 0 Å². The molecule has 20 heavy (non-hydrogen) atoms. The van der Waals surface area contributed by atoms with Crippen LogP contribution in [0.5, 0.6) is 0 Å². The predicted molar refractivity (Wildman–Crippen MR) is 82.2 cm³/mol. The molecule has 0 aromatic heterocycles. The Morgan fingerprint density at radius 1 is 1.10 bits per heavy atom. The van der Waals surface area contributed by atoms with Gasteiger partial charge in [0.15, 0.2) is 0 Å². The van der Waals surface area contributed by atoms with E-state index in [1.54, 1.807) is 0 Å². The number of halogens is 1. The second kappa shape index (κ2) is 6.17. The Morgan fingerprint density at radius 3 is 2.75 bits per heavy atom. The van der Waals surface area contributed by atoms with Gasteiger partial charge in [-0.05, 0) is 43.2 Å². The largest absolute Gasteiger partial charge is 0.351 e. The average molecular weight is 292 g/mol. The number of benzene rings is 1. The van der Waals surface area contributed by atoms with Gasteiger partial charge in [0, 0.05) is 6.04 Å². The first-order valence-corrected chi connectivity index (χ1v) is 8.21. The van der Waals surface area contributed by atoms with Crippen LogP contribution < -0.4 is 5.32 Å². The Hall–Kier alpha value is -1.02. The fraction of sp³-hybridized carbons (Fsp3) is 0.588. The van der Waals surface area contributed by atoms with Crippen LogP contribution in [0, 0.1) is 0 Å². The summed E-state index contributed by atoms with van der Waals surface area (Å²) in [5.74, 6) is 0.195. The van der Waals surface area contributed by atoms with E-state index in [1.165, 1.54) is 24.0 Å². The van der Waals surface area contributed by atoms with Crippen molar-refractivity contribution in [1.82, 2.24) is 5.32 Å². The van der Waals surface area contributed by atoms with Gasteiger partial charge >= 0.3 is 0 Å². The van der Waals surface area contributed by atoms with E-state index < -0.39 is 0 Å². The molecule has 0 heterocycles. The summed E-state index contributed by atoms with van der Waals surface area (Å²) in [5, 5.41) is 3.31. The lowest BCUT2D eigenvalue weighted by molar-refractivity contribution is -0.123. The number of rotatable bonds is 2. The predicted octanol–water partition coefficient (Wildman–Crippen LogP) is 3.77. The Balaban J connectivity index is 1.72. The van der Waals surface area contributed by atoms with Crippen molar-refractivity contribution < 1.29 is 4.79 Å². The fourth-order valence-electron chi connectivity index (χ4n) is 3.56. The lowest BCUT2D eigenvalue weighted by Gasteiger charge is -2.31. The summed E-state index contributed by atoms with van der Waals surface area (Å²) in [5.41, 5.74) is 2.56. The van der Waals surface area contributed by atoms with Gasteiger partial charge in [0.1, 0.15) is 0 Å². The van der Waals surface area contributed by atoms with Crippen molar-refractivity contribution in [2.75, 3.05) is 0 Å². The van der Waals surface area contributed by atoms with E-state index in [2.05, 4.69) is 23.5 Å². The van der Waals surface area contributed by atoms with Gasteiger partial charge in [0.05, 0.1) is 11.3 Å². The summed E-state index contributed by atoms with van der Waals surface area (Å²) in [6, 6.07) is 8.52. The summed E-state index contributed by atoms with van der Waals surface area (Å²) in [7, 11) is 0. The zero-order valence-electron chi connectivity index (χ0n) is 11.8. The van der Waals surface area contributed by atoms with E-state index in [-0.39, 0.29) is 23.2 Å². The number of carbonyl (C=O) groups excluding carboxylic acids is 1. The number of aryl methyl sites for hydroxylation is 1. The molecule has 1 aromatic carbocycles. The molecule has 1 amide bonds. The number of nitrogens with one attached hydrogen (secondary N) is 1. The van der Waals surface area contributed by atoms with Crippen LogP contribution in [-0.4, -0.2) is 17.3 Å². The molecule has 3 unspecified atom stereocenters. The first kappa shape index (κ1) is 13.9. The molecule has 0 radical (unpaired) electrons. The lowest BCUT2D eigenvalue weighted by Crippen LogP contribution is -2.45. The number of hydrogen-bond donors (Lipinski definition) is 1. The highest BCUT2D eigenvalue weighted by Gasteiger charge is 2.30. The molecular formula is C17H22ClNO. The van der Waals surface area contributed by atoms with Crippen molar-refractivity contribution in [3.8, 4) is 0 Å². The van der Waals surface area contributed by atoms with E-state index in [0.717, 1.165) is 32.1 Å². The van der Waals surface area contributed by atoms with E-state index in [1.807, 2.05) is 6.07 Å². The van der Waals surface area contributed by atoms with E-state index >= 15 is 0 Å². The van der Waals surface area contributed by atoms with Crippen LogP contribution in [0.3, 0.4) is 0 Å². The third-order valence-corrected chi connectivity index (χ3v) is 5.22. The molecule has 2 aliphatic carbocycles. The first-order chi connectivity index (χ1) is 9.75. The van der Waals surface area contributed by atoms with Crippen molar-refractivity contribution in [2.45, 2.75) is 62.3 Å². The molecule has 0 spiro atoms. The highest BCUT2D eigenvalue weighted by Crippen LogP contribution is 2.32. The highest BCUT2D eigenvalue weighted by atomic mass is 35.5. The molecule has 0 bridgehead atoms. The van der Waals surface area contributed by atoms with Gasteiger partial charge in [-0.2, -0.15) is 0 Å². The van der Waals surface area contributed by atoms with Gasteiger partial charge in [0.25, 0.3) is 0 Å². The Morgan fingerprint density at radius 2 is 1.90 bits per heavy atom. The van der Waals surface area contributed by atoms with Crippen LogP contribution in [0.1, 0.15) is 55.6 Å². The first-order valence-electron chi connectivity index (χ1n) is 7.78. The normalized spacial score (nSPS) is 29.6. The zero-order valence-corrected chi connectivity index (χ0v) is 12.5. The number of carbonyl (C=O) groups is 1. The van der Waals surface area contributed by atoms with Gasteiger partial charge < -0.3 is 5.32 Å². The summed E-state index contributed by atoms with van der Waals surface area (Å²) >= 11 is 6.35. The molecule has 0 saturated heterocycles. The van der Waals surface area contributed by atoms with Crippen molar-refractivity contribution in [1.29, 1.82) is 0 Å². The quantitative estimate of drug-likeness (QED) is 0.826. The van der Waals surface area contributed by atoms with E-state index in [0.29, 0.717) is 0 Å². The van der Waals surface area contributed by atoms with Crippen LogP contribution in [0.25, 0.3) is 0 Å². The molecule has 1 aromatic rings. The van der Waals surface area contributed by atoms with Gasteiger partial charge in [-0.15, -0.1) is 11.6 Å². The maximum absolute atomic E-state index is 12.6. The number of fused-ring (bicyclic) bond motifs is 1. The van der Waals surface area contributed by atoms with E-state index in [9.17, 15) is 4.79 Å². The molecule has 3 rings (SSSR count). The molecule has 0 aliphatic heterocycles.